The molecule has 0 atom stereocenters. The molecule has 0 fully saturated rings. The molecule has 2 N–H and O–H groups in total. The van der Waals surface area contributed by atoms with Gasteiger partial charge in [0.2, 0.25) is 5.95 Å². The first-order chi connectivity index (χ1) is 11.1. The number of ether oxygens (including phenoxy) is 1. The van der Waals surface area contributed by atoms with Crippen LogP contribution in [0.3, 0.4) is 0 Å². The normalized spacial score (nSPS) is 11.0. The number of halogens is 1. The number of anilines is 1. The van der Waals surface area contributed by atoms with E-state index in [-0.39, 0.29) is 5.82 Å². The topological polar surface area (TPSA) is 65.4 Å². The van der Waals surface area contributed by atoms with E-state index < -0.39 is 0 Å². The van der Waals surface area contributed by atoms with Gasteiger partial charge in [0.1, 0.15) is 17.3 Å². The van der Waals surface area contributed by atoms with Crippen molar-refractivity contribution in [3.05, 3.63) is 71.8 Å². The maximum absolute atomic E-state index is 12.8. The van der Waals surface area contributed by atoms with Crippen molar-refractivity contribution >= 4 is 12.2 Å². The highest BCUT2D eigenvalue weighted by molar-refractivity contribution is 5.79. The number of nitrogen functional groups attached to an aromatic ring is 1. The van der Waals surface area contributed by atoms with E-state index in [1.807, 2.05) is 31.2 Å². The molecular formula is C17H15FN4O. The van der Waals surface area contributed by atoms with E-state index >= 15 is 0 Å². The van der Waals surface area contributed by atoms with Gasteiger partial charge in [-0.05, 0) is 61.0 Å². The van der Waals surface area contributed by atoms with Gasteiger partial charge in [-0.3, -0.25) is 0 Å². The first-order valence-corrected chi connectivity index (χ1v) is 6.99. The van der Waals surface area contributed by atoms with Gasteiger partial charge in [-0.15, -0.1) is 0 Å². The summed E-state index contributed by atoms with van der Waals surface area (Å²) >= 11 is 0. The molecule has 3 aromatic rings. The quantitative estimate of drug-likeness (QED) is 0.749. The first kappa shape index (κ1) is 14.8. The molecule has 0 saturated carbocycles. The third-order valence-corrected chi connectivity index (χ3v) is 3.10. The number of hydrogen-bond acceptors (Lipinski definition) is 4. The third kappa shape index (κ3) is 3.74. The second-order valence-corrected chi connectivity index (χ2v) is 4.95. The lowest BCUT2D eigenvalue weighted by Gasteiger charge is -2.05. The Labute approximate surface area is 132 Å². The molecule has 116 valence electrons. The van der Waals surface area contributed by atoms with Gasteiger partial charge in [0, 0.05) is 0 Å². The fourth-order valence-corrected chi connectivity index (χ4v) is 1.99. The monoisotopic (exact) mass is 310 g/mol. The zero-order valence-electron chi connectivity index (χ0n) is 12.5. The smallest absolute Gasteiger partial charge is 0.221 e. The Balaban J connectivity index is 1.69. The van der Waals surface area contributed by atoms with Crippen LogP contribution in [0.1, 0.15) is 11.3 Å². The molecule has 0 aliphatic rings. The Morgan fingerprint density at radius 2 is 1.70 bits per heavy atom. The average Bonchev–Trinajstić information content (AvgIpc) is 2.87. The number of aromatic nitrogens is 2. The molecule has 3 rings (SSSR count). The van der Waals surface area contributed by atoms with E-state index in [1.54, 1.807) is 24.5 Å². The SMILES string of the molecule is Cc1cn(N=Cc2ccc(Oc3ccc(F)cc3)cc2)c(N)n1. The lowest BCUT2D eigenvalue weighted by atomic mass is 10.2. The Morgan fingerprint density at radius 1 is 1.09 bits per heavy atom. The largest absolute Gasteiger partial charge is 0.457 e. The van der Waals surface area contributed by atoms with Crippen molar-refractivity contribution in [2.45, 2.75) is 6.92 Å². The summed E-state index contributed by atoms with van der Waals surface area (Å²) in [6.07, 6.45) is 3.43. The third-order valence-electron chi connectivity index (χ3n) is 3.10. The average molecular weight is 310 g/mol. The van der Waals surface area contributed by atoms with Crippen LogP contribution in [-0.2, 0) is 0 Å². The molecule has 0 aliphatic heterocycles. The zero-order chi connectivity index (χ0) is 16.2. The zero-order valence-corrected chi connectivity index (χ0v) is 12.5. The van der Waals surface area contributed by atoms with Crippen LogP contribution in [0.25, 0.3) is 0 Å². The fourth-order valence-electron chi connectivity index (χ4n) is 1.99. The molecule has 0 amide bonds. The molecule has 5 nitrogen and oxygen atoms in total. The van der Waals surface area contributed by atoms with Gasteiger partial charge in [0.15, 0.2) is 0 Å². The summed E-state index contributed by atoms with van der Waals surface area (Å²) in [4.78, 5) is 4.07. The van der Waals surface area contributed by atoms with Crippen molar-refractivity contribution in [1.82, 2.24) is 9.66 Å². The van der Waals surface area contributed by atoms with Crippen LogP contribution in [0.2, 0.25) is 0 Å². The Morgan fingerprint density at radius 3 is 2.26 bits per heavy atom. The Hall–Kier alpha value is -3.15. The minimum Gasteiger partial charge on any atom is -0.457 e. The second kappa shape index (κ2) is 6.31. The highest BCUT2D eigenvalue weighted by Crippen LogP contribution is 2.21. The Kier molecular flexibility index (Phi) is 4.05. The minimum atomic E-state index is -0.294. The number of aryl methyl sites for hydroxylation is 1. The van der Waals surface area contributed by atoms with Crippen molar-refractivity contribution in [2.75, 3.05) is 5.73 Å². The van der Waals surface area contributed by atoms with Gasteiger partial charge in [-0.25, -0.2) is 14.1 Å². The lowest BCUT2D eigenvalue weighted by Crippen LogP contribution is -1.96. The molecule has 0 unspecified atom stereocenters. The summed E-state index contributed by atoms with van der Waals surface area (Å²) in [5.41, 5.74) is 7.42. The van der Waals surface area contributed by atoms with Gasteiger partial charge in [0.05, 0.1) is 18.1 Å². The standard InChI is InChI=1S/C17H15FN4O/c1-12-11-22(17(19)21-12)20-10-13-2-6-15(7-3-13)23-16-8-4-14(18)5-9-16/h2-11H,1H3,(H2,19,21). The molecule has 0 saturated heterocycles. The number of rotatable bonds is 4. The van der Waals surface area contributed by atoms with Crippen LogP contribution < -0.4 is 10.5 Å². The van der Waals surface area contributed by atoms with Crippen molar-refractivity contribution < 1.29 is 9.13 Å². The first-order valence-electron chi connectivity index (χ1n) is 6.99. The summed E-state index contributed by atoms with van der Waals surface area (Å²) in [5, 5.41) is 4.24. The van der Waals surface area contributed by atoms with Crippen LogP contribution in [0.4, 0.5) is 10.3 Å². The summed E-state index contributed by atoms with van der Waals surface area (Å²) in [6, 6.07) is 13.2. The molecule has 1 aromatic heterocycles. The molecule has 2 aromatic carbocycles. The van der Waals surface area contributed by atoms with E-state index in [4.69, 9.17) is 10.5 Å². The molecule has 0 radical (unpaired) electrons. The minimum absolute atomic E-state index is 0.294. The number of imidazole rings is 1. The predicted molar refractivity (Wildman–Crippen MR) is 87.3 cm³/mol. The molecule has 0 aliphatic carbocycles. The molecule has 0 spiro atoms. The lowest BCUT2D eigenvalue weighted by molar-refractivity contribution is 0.480. The van der Waals surface area contributed by atoms with Crippen molar-refractivity contribution in [1.29, 1.82) is 0 Å². The van der Waals surface area contributed by atoms with Crippen molar-refractivity contribution in [3.8, 4) is 11.5 Å². The molecule has 1 heterocycles. The second-order valence-electron chi connectivity index (χ2n) is 4.95. The van der Waals surface area contributed by atoms with E-state index in [1.165, 1.54) is 16.8 Å². The maximum atomic E-state index is 12.8. The van der Waals surface area contributed by atoms with E-state index in [0.717, 1.165) is 11.3 Å². The number of benzene rings is 2. The van der Waals surface area contributed by atoms with Crippen LogP contribution in [0, 0.1) is 12.7 Å². The van der Waals surface area contributed by atoms with Gasteiger partial charge in [0.25, 0.3) is 0 Å². The highest BCUT2D eigenvalue weighted by atomic mass is 19.1. The van der Waals surface area contributed by atoms with Crippen molar-refractivity contribution in [2.24, 2.45) is 5.10 Å². The summed E-state index contributed by atoms with van der Waals surface area (Å²) in [5.74, 6) is 1.29. The molecule has 6 heteroatoms. The van der Waals surface area contributed by atoms with E-state index in [9.17, 15) is 4.39 Å². The molecular weight excluding hydrogens is 295 g/mol. The summed E-state index contributed by atoms with van der Waals surface area (Å²) < 4.78 is 20.0. The number of nitrogens with zero attached hydrogens (tertiary/aromatic N) is 3. The Bertz CT molecular complexity index is 823. The van der Waals surface area contributed by atoms with Gasteiger partial charge in [-0.2, -0.15) is 5.10 Å². The van der Waals surface area contributed by atoms with Crippen molar-refractivity contribution in [3.63, 3.8) is 0 Å². The number of hydrogen-bond donors (Lipinski definition) is 1. The number of nitrogens with two attached hydrogens (primary N) is 1. The van der Waals surface area contributed by atoms with Crippen LogP contribution in [0.15, 0.2) is 59.8 Å². The highest BCUT2D eigenvalue weighted by Gasteiger charge is 2.00. The fraction of sp³-hybridized carbons (Fsp3) is 0.0588. The van der Waals surface area contributed by atoms with Gasteiger partial charge < -0.3 is 10.5 Å². The summed E-state index contributed by atoms with van der Waals surface area (Å²) in [6.45, 7) is 1.85. The van der Waals surface area contributed by atoms with Crippen LogP contribution >= 0.6 is 0 Å². The van der Waals surface area contributed by atoms with E-state index in [0.29, 0.717) is 17.4 Å². The molecule has 23 heavy (non-hydrogen) atoms. The summed E-state index contributed by atoms with van der Waals surface area (Å²) in [7, 11) is 0. The van der Waals surface area contributed by atoms with Crippen LogP contribution in [-0.4, -0.2) is 15.9 Å². The van der Waals surface area contributed by atoms with Gasteiger partial charge >= 0.3 is 0 Å². The molecule has 0 bridgehead atoms. The maximum Gasteiger partial charge on any atom is 0.221 e. The van der Waals surface area contributed by atoms with Crippen LogP contribution in [0.5, 0.6) is 11.5 Å². The van der Waals surface area contributed by atoms with Gasteiger partial charge in [-0.1, -0.05) is 0 Å². The van der Waals surface area contributed by atoms with E-state index in [2.05, 4.69) is 10.1 Å². The predicted octanol–water partition coefficient (Wildman–Crippen LogP) is 3.59.